The standard InChI is InChI=1S/C65H79N13O22S/c1-34(69-60(95)42(17-22-54(86)87)72-62(97)43(18-23-55(88)89)73-61(96)41(16-21-53(84)85)70-49(80)24-26-78-51(82)19-20-52(78)83)58(93)76-46(29-36-12-14-38(79)15-13-36)59(94)68-33-50(81)71-47(30-37-32-67-40-11-7-6-10-39(37)40)64(99)74-44(25-27-101-2)63(98)77-48(31-56(90)91)65(100)75-45(57(66)92)28-35-8-4-3-5-9-35/h3-15,19-20,32,34,41-48,67,79H,16-18,21-31,33H2,1-2H3,(H2,66,92)(H,68,94)(H,69,95)(H,70,80)(H,71,81)(H,72,97)(H,73,96)(H,74,99)(H,75,100)(H,76,93)(H,77,98)(H,84,85)(H,86,87)(H,88,89)(H,90,91)/t34-,41-,42-,43-,44-,45-,46-,47-,48-/m0/s1. The number of rotatable bonds is 43. The Morgan fingerprint density at radius 2 is 0.921 bits per heavy atom. The van der Waals surface area contributed by atoms with Crippen molar-refractivity contribution in [1.29, 1.82) is 0 Å². The van der Waals surface area contributed by atoms with E-state index in [4.69, 9.17) is 5.73 Å². The van der Waals surface area contributed by atoms with Crippen LogP contribution in [0.15, 0.2) is 97.2 Å². The van der Waals surface area contributed by atoms with Crippen molar-refractivity contribution >= 4 is 123 Å². The van der Waals surface area contributed by atoms with Crippen LogP contribution in [0.4, 0.5) is 0 Å². The number of imide groups is 1. The Morgan fingerprint density at radius 3 is 1.47 bits per heavy atom. The molecule has 36 heteroatoms. The number of phenols is 1. The fourth-order valence-electron chi connectivity index (χ4n) is 10.1. The maximum Gasteiger partial charge on any atom is 0.305 e. The van der Waals surface area contributed by atoms with Gasteiger partial charge in [-0.15, -0.1) is 0 Å². The summed E-state index contributed by atoms with van der Waals surface area (Å²) in [5, 5.41) is 72.7. The Kier molecular flexibility index (Phi) is 31.4. The van der Waals surface area contributed by atoms with Gasteiger partial charge in [-0.1, -0.05) is 60.7 Å². The van der Waals surface area contributed by atoms with E-state index in [0.29, 0.717) is 27.6 Å². The summed E-state index contributed by atoms with van der Waals surface area (Å²) in [6, 6.07) is 5.84. The van der Waals surface area contributed by atoms with Gasteiger partial charge in [-0.25, -0.2) is 0 Å². The lowest BCUT2D eigenvalue weighted by molar-refractivity contribution is -0.141. The first kappa shape index (κ1) is 80.0. The monoisotopic (exact) mass is 1430 g/mol. The van der Waals surface area contributed by atoms with E-state index in [1.54, 1.807) is 67.0 Å². The number of fused-ring (bicyclic) bond motifs is 1. The first-order valence-corrected chi connectivity index (χ1v) is 32.9. The number of carboxylic acids is 4. The molecule has 0 radical (unpaired) electrons. The highest BCUT2D eigenvalue weighted by Crippen LogP contribution is 2.20. The Hall–Kier alpha value is -11.7. The summed E-state index contributed by atoms with van der Waals surface area (Å²) in [4.78, 5) is 226. The lowest BCUT2D eigenvalue weighted by Gasteiger charge is -2.26. The molecule has 0 unspecified atom stereocenters. The van der Waals surface area contributed by atoms with Crippen molar-refractivity contribution in [3.63, 3.8) is 0 Å². The number of aromatic amines is 1. The average Bonchev–Trinajstić information content (AvgIpc) is 1.72. The normalized spacial score (nSPS) is 14.3. The molecule has 1 aliphatic rings. The third-order valence-corrected chi connectivity index (χ3v) is 16.1. The van der Waals surface area contributed by atoms with Crippen LogP contribution in [0.3, 0.4) is 0 Å². The summed E-state index contributed by atoms with van der Waals surface area (Å²) in [5.41, 5.74) is 7.66. The van der Waals surface area contributed by atoms with Crippen LogP contribution in [0.1, 0.15) is 81.4 Å². The third-order valence-electron chi connectivity index (χ3n) is 15.5. The fourth-order valence-corrected chi connectivity index (χ4v) is 10.6. The number of nitrogens with zero attached hydrogens (tertiary/aromatic N) is 1. The number of nitrogens with two attached hydrogens (primary N) is 1. The molecule has 0 saturated carbocycles. The van der Waals surface area contributed by atoms with Crippen molar-refractivity contribution in [3.8, 4) is 5.75 Å². The Bertz CT molecular complexity index is 3740. The minimum absolute atomic E-state index is 0.0763. The van der Waals surface area contributed by atoms with E-state index < -0.39 is 220 Å². The zero-order valence-electron chi connectivity index (χ0n) is 54.6. The number of hydrogen-bond donors (Lipinski definition) is 17. The van der Waals surface area contributed by atoms with E-state index in [0.717, 1.165) is 24.0 Å². The van der Waals surface area contributed by atoms with E-state index >= 15 is 0 Å². The first-order valence-electron chi connectivity index (χ1n) is 31.5. The highest BCUT2D eigenvalue weighted by atomic mass is 32.2. The quantitative estimate of drug-likeness (QED) is 0.0197. The zero-order valence-corrected chi connectivity index (χ0v) is 55.5. The second kappa shape index (κ2) is 39.6. The Balaban J connectivity index is 1.32. The summed E-state index contributed by atoms with van der Waals surface area (Å²) in [6.45, 7) is -0.197. The third kappa shape index (κ3) is 26.9. The van der Waals surface area contributed by atoms with E-state index in [9.17, 15) is 107 Å². The molecule has 4 aromatic rings. The lowest BCUT2D eigenvalue weighted by Crippen LogP contribution is -2.59. The average molecular weight is 1430 g/mol. The molecule has 0 bridgehead atoms. The van der Waals surface area contributed by atoms with Gasteiger partial charge in [-0.2, -0.15) is 11.8 Å². The number of benzene rings is 3. The fraction of sp³-hybridized carbons (Fsp3) is 0.400. The van der Waals surface area contributed by atoms with E-state index in [-0.39, 0.29) is 37.2 Å². The number of carboxylic acid groups (broad SMARTS) is 4. The molecule has 13 amide bonds. The molecule has 101 heavy (non-hydrogen) atoms. The van der Waals surface area contributed by atoms with Gasteiger partial charge in [-0.05, 0) is 79.5 Å². The van der Waals surface area contributed by atoms with Crippen molar-refractivity contribution in [1.82, 2.24) is 63.1 Å². The molecule has 5 rings (SSSR count). The van der Waals surface area contributed by atoms with Crippen LogP contribution < -0.4 is 58.9 Å². The molecular formula is C65H79N13O22S. The molecule has 1 aliphatic heterocycles. The highest BCUT2D eigenvalue weighted by molar-refractivity contribution is 7.98. The van der Waals surface area contributed by atoms with Gasteiger partial charge in [0.25, 0.3) is 11.8 Å². The molecule has 0 saturated heterocycles. The van der Waals surface area contributed by atoms with Crippen molar-refractivity contribution in [2.75, 3.05) is 25.1 Å². The number of para-hydroxylation sites is 1. The number of aromatic hydroxyl groups is 1. The number of amides is 13. The maximum absolute atomic E-state index is 14.5. The minimum atomic E-state index is -1.87. The number of phenolic OH excluding ortho intramolecular Hbond substituents is 1. The smallest absolute Gasteiger partial charge is 0.305 e. The maximum atomic E-state index is 14.5. The van der Waals surface area contributed by atoms with Gasteiger partial charge in [0.1, 0.15) is 60.1 Å². The van der Waals surface area contributed by atoms with Crippen LogP contribution in [-0.4, -0.2) is 216 Å². The number of carbonyl (C=O) groups is 17. The molecule has 0 aliphatic carbocycles. The molecule has 0 fully saturated rings. The van der Waals surface area contributed by atoms with Crippen molar-refractivity contribution in [2.24, 2.45) is 5.73 Å². The van der Waals surface area contributed by atoms with Crippen molar-refractivity contribution in [3.05, 3.63) is 114 Å². The van der Waals surface area contributed by atoms with Gasteiger partial charge in [0.05, 0.1) is 13.0 Å². The summed E-state index contributed by atoms with van der Waals surface area (Å²) in [5.74, 6) is -19.1. The van der Waals surface area contributed by atoms with Gasteiger partial charge in [-0.3, -0.25) is 86.4 Å². The number of aliphatic carboxylic acids is 4. The summed E-state index contributed by atoms with van der Waals surface area (Å²) >= 11 is 1.27. The van der Waals surface area contributed by atoms with Crippen LogP contribution >= 0.6 is 11.8 Å². The van der Waals surface area contributed by atoms with Crippen LogP contribution in [0.5, 0.6) is 5.75 Å². The summed E-state index contributed by atoms with van der Waals surface area (Å²) in [7, 11) is 0. The van der Waals surface area contributed by atoms with Gasteiger partial charge >= 0.3 is 23.9 Å². The van der Waals surface area contributed by atoms with Crippen LogP contribution in [0.2, 0.25) is 0 Å². The second-order valence-electron chi connectivity index (χ2n) is 23.2. The zero-order chi connectivity index (χ0) is 74.5. The van der Waals surface area contributed by atoms with E-state index in [1.165, 1.54) is 36.0 Å². The number of H-pyrrole nitrogens is 1. The predicted octanol–water partition coefficient (Wildman–Crippen LogP) is -2.98. The number of nitrogens with one attached hydrogen (secondary N) is 11. The molecule has 18 N–H and O–H groups in total. The van der Waals surface area contributed by atoms with Gasteiger partial charge in [0, 0.05) is 80.7 Å². The molecule has 35 nitrogen and oxygen atoms in total. The number of thioether (sulfide) groups is 1. The molecule has 0 spiro atoms. The van der Waals surface area contributed by atoms with Crippen LogP contribution in [0, 0.1) is 0 Å². The highest BCUT2D eigenvalue weighted by Gasteiger charge is 2.36. The van der Waals surface area contributed by atoms with Crippen LogP contribution in [0.25, 0.3) is 10.9 Å². The Labute approximate surface area is 580 Å². The van der Waals surface area contributed by atoms with Crippen LogP contribution in [-0.2, 0) is 101 Å². The SMILES string of the molecule is CSCC[C@H](NC(=O)[C@H](Cc1c[nH]c2ccccc12)NC(=O)CNC(=O)[C@H](Cc1ccc(O)cc1)NC(=O)[C@H](C)NC(=O)[C@H](CCC(=O)O)NC(=O)[C@H](CCC(=O)O)NC(=O)[C@H](CCC(=O)O)NC(=O)CCN1C(=O)C=CC1=O)C(=O)N[C@@H](CC(=O)O)C(=O)N[C@@H](Cc1ccccc1)C(N)=O. The minimum Gasteiger partial charge on any atom is -0.508 e. The number of primary amides is 1. The summed E-state index contributed by atoms with van der Waals surface area (Å²) in [6.07, 6.45) is -1.39. The second-order valence-corrected chi connectivity index (χ2v) is 24.2. The molecule has 542 valence electrons. The topological polar surface area (TPSA) is 557 Å². The molecular weight excluding hydrogens is 1350 g/mol. The van der Waals surface area contributed by atoms with Gasteiger partial charge < -0.3 is 89.4 Å². The lowest BCUT2D eigenvalue weighted by atomic mass is 10.0. The van der Waals surface area contributed by atoms with E-state index in [1.807, 2.05) is 0 Å². The largest absolute Gasteiger partial charge is 0.508 e. The van der Waals surface area contributed by atoms with Gasteiger partial charge in [0.15, 0.2) is 0 Å². The number of hydrogen-bond acceptors (Lipinski definition) is 19. The van der Waals surface area contributed by atoms with Gasteiger partial charge in [0.2, 0.25) is 65.0 Å². The summed E-state index contributed by atoms with van der Waals surface area (Å²) < 4.78 is 0. The number of carbonyl (C=O) groups excluding carboxylic acids is 13. The molecule has 1 aromatic heterocycles. The first-order chi connectivity index (χ1) is 47.9. The van der Waals surface area contributed by atoms with Crippen molar-refractivity contribution in [2.45, 2.75) is 138 Å². The van der Waals surface area contributed by atoms with E-state index in [2.05, 4.69) is 58.2 Å². The predicted molar refractivity (Wildman–Crippen MR) is 356 cm³/mol. The molecule has 3 aromatic carbocycles. The Morgan fingerprint density at radius 1 is 0.475 bits per heavy atom. The van der Waals surface area contributed by atoms with Crippen molar-refractivity contribution < 1.29 is 107 Å². The molecule has 9 atom stereocenters. The number of aromatic nitrogens is 1. The molecule has 2 heterocycles.